The van der Waals surface area contributed by atoms with Gasteiger partial charge in [0, 0.05) is 19.6 Å². The van der Waals surface area contributed by atoms with Crippen LogP contribution in [0.5, 0.6) is 0 Å². The summed E-state index contributed by atoms with van der Waals surface area (Å²) in [6, 6.07) is 6.45. The van der Waals surface area contributed by atoms with Crippen molar-refractivity contribution < 1.29 is 5.11 Å². The van der Waals surface area contributed by atoms with Crippen LogP contribution in [0.4, 0.5) is 0 Å². The monoisotopic (exact) mass is 205 g/mol. The van der Waals surface area contributed by atoms with E-state index >= 15 is 0 Å². The lowest BCUT2D eigenvalue weighted by Gasteiger charge is -2.17. The zero-order valence-corrected chi connectivity index (χ0v) is 9.53. The highest BCUT2D eigenvalue weighted by Crippen LogP contribution is 2.18. The van der Waals surface area contributed by atoms with Gasteiger partial charge in [-0.25, -0.2) is 0 Å². The highest BCUT2D eigenvalue weighted by molar-refractivity contribution is 5.33. The first-order valence-electron chi connectivity index (χ1n) is 5.62. The van der Waals surface area contributed by atoms with Crippen molar-refractivity contribution in [1.82, 2.24) is 4.90 Å². The quantitative estimate of drug-likeness (QED) is 0.796. The molecule has 1 atom stereocenters. The Morgan fingerprint density at radius 3 is 2.87 bits per heavy atom. The fraction of sp³-hybridized carbons (Fsp3) is 0.538. The molecule has 0 aromatic heterocycles. The van der Waals surface area contributed by atoms with E-state index in [0.29, 0.717) is 0 Å². The number of aryl methyl sites for hydroxylation is 1. The zero-order chi connectivity index (χ0) is 10.8. The van der Waals surface area contributed by atoms with Gasteiger partial charge in [-0.05, 0) is 37.0 Å². The van der Waals surface area contributed by atoms with Crippen molar-refractivity contribution in [2.24, 2.45) is 0 Å². The highest BCUT2D eigenvalue weighted by Gasteiger charge is 2.20. The van der Waals surface area contributed by atoms with Gasteiger partial charge in [0.25, 0.3) is 0 Å². The first-order chi connectivity index (χ1) is 7.16. The Kier molecular flexibility index (Phi) is 3.08. The van der Waals surface area contributed by atoms with Crippen molar-refractivity contribution in [1.29, 1.82) is 0 Å². The Balaban J connectivity index is 2.07. The molecule has 1 saturated heterocycles. The molecule has 2 nitrogen and oxygen atoms in total. The molecule has 0 radical (unpaired) electrons. The normalized spacial score (nSPS) is 22.2. The van der Waals surface area contributed by atoms with Gasteiger partial charge >= 0.3 is 0 Å². The second kappa shape index (κ2) is 4.33. The SMILES string of the molecule is Cc1cccc(CN2CC[C@@H](O)C2)c1C. The van der Waals surface area contributed by atoms with E-state index in [1.54, 1.807) is 0 Å². The molecular formula is C13H19NO. The van der Waals surface area contributed by atoms with Crippen molar-refractivity contribution in [2.75, 3.05) is 13.1 Å². The lowest BCUT2D eigenvalue weighted by Crippen LogP contribution is -2.22. The standard InChI is InChI=1S/C13H19NO/c1-10-4-3-5-12(11(10)2)8-14-7-6-13(15)9-14/h3-5,13,15H,6-9H2,1-2H3/t13-/m1/s1. The molecule has 1 aliphatic heterocycles. The maximum atomic E-state index is 9.46. The van der Waals surface area contributed by atoms with E-state index < -0.39 is 0 Å². The predicted molar refractivity (Wildman–Crippen MR) is 61.8 cm³/mol. The van der Waals surface area contributed by atoms with Crippen molar-refractivity contribution in [3.05, 3.63) is 34.9 Å². The molecule has 15 heavy (non-hydrogen) atoms. The molecule has 0 saturated carbocycles. The molecule has 1 heterocycles. The maximum absolute atomic E-state index is 9.46. The smallest absolute Gasteiger partial charge is 0.0679 e. The van der Waals surface area contributed by atoms with Crippen LogP contribution in [0.25, 0.3) is 0 Å². The third-order valence-electron chi connectivity index (χ3n) is 3.36. The number of nitrogens with zero attached hydrogens (tertiary/aromatic N) is 1. The van der Waals surface area contributed by atoms with Crippen LogP contribution < -0.4 is 0 Å². The minimum absolute atomic E-state index is 0.116. The number of likely N-dealkylation sites (tertiary alicyclic amines) is 1. The fourth-order valence-corrected chi connectivity index (χ4v) is 2.18. The van der Waals surface area contributed by atoms with Crippen LogP contribution in [0.1, 0.15) is 23.1 Å². The van der Waals surface area contributed by atoms with E-state index in [2.05, 4.69) is 36.9 Å². The van der Waals surface area contributed by atoms with Gasteiger partial charge in [0.1, 0.15) is 0 Å². The Hall–Kier alpha value is -0.860. The molecule has 1 aliphatic rings. The summed E-state index contributed by atoms with van der Waals surface area (Å²) in [5.41, 5.74) is 4.13. The topological polar surface area (TPSA) is 23.5 Å². The van der Waals surface area contributed by atoms with Gasteiger partial charge in [-0.2, -0.15) is 0 Å². The third kappa shape index (κ3) is 2.39. The third-order valence-corrected chi connectivity index (χ3v) is 3.36. The first kappa shape index (κ1) is 10.7. The van der Waals surface area contributed by atoms with Crippen LogP contribution in [0.15, 0.2) is 18.2 Å². The first-order valence-corrected chi connectivity index (χ1v) is 5.62. The summed E-state index contributed by atoms with van der Waals surface area (Å²) in [6.07, 6.45) is 0.806. The molecule has 0 spiro atoms. The number of aliphatic hydroxyl groups is 1. The minimum Gasteiger partial charge on any atom is -0.392 e. The summed E-state index contributed by atoms with van der Waals surface area (Å²) in [5, 5.41) is 9.46. The van der Waals surface area contributed by atoms with Gasteiger partial charge in [-0.15, -0.1) is 0 Å². The summed E-state index contributed by atoms with van der Waals surface area (Å²) in [7, 11) is 0. The van der Waals surface area contributed by atoms with Gasteiger partial charge in [0.2, 0.25) is 0 Å². The van der Waals surface area contributed by atoms with Crippen molar-refractivity contribution >= 4 is 0 Å². The van der Waals surface area contributed by atoms with Crippen LogP contribution in [-0.4, -0.2) is 29.2 Å². The zero-order valence-electron chi connectivity index (χ0n) is 9.53. The molecule has 1 aromatic rings. The average molecular weight is 205 g/mol. The number of benzene rings is 1. The Morgan fingerprint density at radius 2 is 2.20 bits per heavy atom. The second-order valence-corrected chi connectivity index (χ2v) is 4.54. The van der Waals surface area contributed by atoms with Crippen LogP contribution in [-0.2, 0) is 6.54 Å². The average Bonchev–Trinajstić information content (AvgIpc) is 2.59. The Bertz CT molecular complexity index is 348. The number of hydrogen-bond acceptors (Lipinski definition) is 2. The van der Waals surface area contributed by atoms with Crippen molar-refractivity contribution in [2.45, 2.75) is 32.9 Å². The van der Waals surface area contributed by atoms with Crippen molar-refractivity contribution in [3.63, 3.8) is 0 Å². The highest BCUT2D eigenvalue weighted by atomic mass is 16.3. The van der Waals surface area contributed by atoms with Crippen LogP contribution in [0.2, 0.25) is 0 Å². The van der Waals surface area contributed by atoms with E-state index in [0.717, 1.165) is 26.1 Å². The largest absolute Gasteiger partial charge is 0.392 e. The molecule has 2 heteroatoms. The van der Waals surface area contributed by atoms with Gasteiger partial charge in [-0.3, -0.25) is 4.90 Å². The molecule has 0 amide bonds. The number of β-amino-alcohol motifs (C(OH)–C–C–N with tert-alkyl or cyclic N) is 1. The molecule has 1 aromatic carbocycles. The molecule has 0 unspecified atom stereocenters. The molecule has 1 N–H and O–H groups in total. The van der Waals surface area contributed by atoms with Gasteiger partial charge in [0.15, 0.2) is 0 Å². The Labute approximate surface area is 91.5 Å². The summed E-state index contributed by atoms with van der Waals surface area (Å²) in [6.45, 7) is 7.15. The van der Waals surface area contributed by atoms with Gasteiger partial charge in [0.05, 0.1) is 6.10 Å². The molecule has 0 bridgehead atoms. The number of rotatable bonds is 2. The summed E-state index contributed by atoms with van der Waals surface area (Å²) in [4.78, 5) is 2.33. The van der Waals surface area contributed by atoms with Gasteiger partial charge in [-0.1, -0.05) is 18.2 Å². The summed E-state index contributed by atoms with van der Waals surface area (Å²) < 4.78 is 0. The molecule has 0 aliphatic carbocycles. The van der Waals surface area contributed by atoms with E-state index in [1.807, 2.05) is 0 Å². The predicted octanol–water partition coefficient (Wildman–Crippen LogP) is 1.87. The molecular weight excluding hydrogens is 186 g/mol. The summed E-state index contributed by atoms with van der Waals surface area (Å²) >= 11 is 0. The van der Waals surface area contributed by atoms with E-state index in [-0.39, 0.29) is 6.10 Å². The second-order valence-electron chi connectivity index (χ2n) is 4.54. The van der Waals surface area contributed by atoms with Crippen LogP contribution in [0.3, 0.4) is 0 Å². The van der Waals surface area contributed by atoms with Crippen molar-refractivity contribution in [3.8, 4) is 0 Å². The van der Waals surface area contributed by atoms with Crippen LogP contribution >= 0.6 is 0 Å². The van der Waals surface area contributed by atoms with E-state index in [9.17, 15) is 5.11 Å². The van der Waals surface area contributed by atoms with Gasteiger partial charge < -0.3 is 5.11 Å². The molecule has 1 fully saturated rings. The molecule has 82 valence electrons. The lowest BCUT2D eigenvalue weighted by atomic mass is 10.0. The van der Waals surface area contributed by atoms with E-state index in [1.165, 1.54) is 16.7 Å². The number of hydrogen-bond donors (Lipinski definition) is 1. The fourth-order valence-electron chi connectivity index (χ4n) is 2.18. The molecule has 2 rings (SSSR count). The maximum Gasteiger partial charge on any atom is 0.0679 e. The summed E-state index contributed by atoms with van der Waals surface area (Å²) in [5.74, 6) is 0. The Morgan fingerprint density at radius 1 is 1.40 bits per heavy atom. The lowest BCUT2D eigenvalue weighted by molar-refractivity contribution is 0.174. The van der Waals surface area contributed by atoms with E-state index in [4.69, 9.17) is 0 Å². The number of aliphatic hydroxyl groups excluding tert-OH is 1. The minimum atomic E-state index is -0.116. The van der Waals surface area contributed by atoms with Crippen LogP contribution in [0, 0.1) is 13.8 Å².